The van der Waals surface area contributed by atoms with E-state index < -0.39 is 0 Å². The molecule has 0 radical (unpaired) electrons. The minimum absolute atomic E-state index is 0.146. The van der Waals surface area contributed by atoms with Crippen LogP contribution in [0.4, 0.5) is 0 Å². The first-order valence-electron chi connectivity index (χ1n) is 5.07. The van der Waals surface area contributed by atoms with Crippen molar-refractivity contribution in [2.45, 2.75) is 24.9 Å². The Labute approximate surface area is 78.8 Å². The van der Waals surface area contributed by atoms with Gasteiger partial charge in [0.1, 0.15) is 5.60 Å². The maximum absolute atomic E-state index is 5.72. The molecule has 13 heavy (non-hydrogen) atoms. The molecule has 2 aliphatic carbocycles. The van der Waals surface area contributed by atoms with Crippen LogP contribution in [0, 0.1) is 5.92 Å². The van der Waals surface area contributed by atoms with Crippen LogP contribution in [-0.4, -0.2) is 12.2 Å². The third-order valence-electron chi connectivity index (χ3n) is 3.44. The fourth-order valence-electron chi connectivity index (χ4n) is 2.52. The number of hydrogen-bond acceptors (Lipinski definition) is 1. The van der Waals surface area contributed by atoms with Crippen LogP contribution < -0.4 is 0 Å². The molecule has 0 amide bonds. The van der Waals surface area contributed by atoms with Crippen molar-refractivity contribution in [2.75, 3.05) is 6.61 Å². The summed E-state index contributed by atoms with van der Waals surface area (Å²) in [4.78, 5) is 0. The normalized spacial score (nSPS) is 37.1. The Morgan fingerprint density at radius 3 is 2.54 bits per heavy atom. The maximum atomic E-state index is 5.72. The molecule has 0 aromatic carbocycles. The topological polar surface area (TPSA) is 12.5 Å². The molecule has 0 aromatic rings. The van der Waals surface area contributed by atoms with Crippen LogP contribution in [0.3, 0.4) is 0 Å². The average Bonchev–Trinajstić information content (AvgIpc) is 2.68. The van der Waals surface area contributed by atoms with Crippen LogP contribution in [-0.2, 0) is 4.74 Å². The van der Waals surface area contributed by atoms with Gasteiger partial charge in [-0.3, -0.25) is 0 Å². The van der Waals surface area contributed by atoms with Gasteiger partial charge in [0.25, 0.3) is 0 Å². The Kier molecular flexibility index (Phi) is 1.50. The van der Waals surface area contributed by atoms with Crippen molar-refractivity contribution in [3.63, 3.8) is 0 Å². The van der Waals surface area contributed by atoms with E-state index in [1.165, 1.54) is 18.4 Å². The highest BCUT2D eigenvalue weighted by molar-refractivity contribution is 5.36. The number of rotatable bonds is 2. The van der Waals surface area contributed by atoms with Crippen molar-refractivity contribution in [1.29, 1.82) is 0 Å². The average molecular weight is 174 g/mol. The summed E-state index contributed by atoms with van der Waals surface area (Å²) in [6.45, 7) is 0.951. The predicted molar refractivity (Wildman–Crippen MR) is 52.4 cm³/mol. The van der Waals surface area contributed by atoms with Gasteiger partial charge in [0.2, 0.25) is 0 Å². The molecule has 1 heterocycles. The quantitative estimate of drug-likeness (QED) is 0.463. The molecule has 0 N–H and O–H groups in total. The Hall–Kier alpha value is -0.820. The van der Waals surface area contributed by atoms with Gasteiger partial charge >= 0.3 is 0 Å². The smallest absolute Gasteiger partial charge is 0.117 e. The number of epoxide rings is 1. The summed E-state index contributed by atoms with van der Waals surface area (Å²) in [5.41, 5.74) is 1.65. The molecule has 1 saturated heterocycles. The molecule has 1 aliphatic heterocycles. The van der Waals surface area contributed by atoms with Crippen LogP contribution in [0.25, 0.3) is 0 Å². The summed E-state index contributed by atoms with van der Waals surface area (Å²) >= 11 is 0. The molecular weight excluding hydrogens is 160 g/mol. The first kappa shape index (κ1) is 7.57. The van der Waals surface area contributed by atoms with Gasteiger partial charge in [0.05, 0.1) is 6.61 Å². The molecule has 0 aromatic heterocycles. The van der Waals surface area contributed by atoms with E-state index in [2.05, 4.69) is 30.4 Å². The number of ether oxygens (including phenoxy) is 1. The van der Waals surface area contributed by atoms with Crippen LogP contribution in [0.5, 0.6) is 0 Å². The van der Waals surface area contributed by atoms with Crippen molar-refractivity contribution in [2.24, 2.45) is 5.92 Å². The van der Waals surface area contributed by atoms with Crippen molar-refractivity contribution >= 4 is 0 Å². The van der Waals surface area contributed by atoms with Crippen molar-refractivity contribution in [3.8, 4) is 0 Å². The molecule has 1 atom stereocenters. The van der Waals surface area contributed by atoms with Crippen molar-refractivity contribution in [1.82, 2.24) is 0 Å². The summed E-state index contributed by atoms with van der Waals surface area (Å²) in [6.07, 6.45) is 14.7. The van der Waals surface area contributed by atoms with E-state index in [1.807, 2.05) is 0 Å². The zero-order valence-corrected chi connectivity index (χ0v) is 7.70. The van der Waals surface area contributed by atoms with Crippen LogP contribution in [0.15, 0.2) is 36.0 Å². The number of allylic oxidation sites excluding steroid dienone is 5. The van der Waals surface area contributed by atoms with Crippen LogP contribution in [0.2, 0.25) is 0 Å². The molecule has 0 spiro atoms. The lowest BCUT2D eigenvalue weighted by Gasteiger charge is -2.20. The van der Waals surface area contributed by atoms with E-state index in [9.17, 15) is 0 Å². The van der Waals surface area contributed by atoms with E-state index in [-0.39, 0.29) is 5.60 Å². The molecule has 1 fully saturated rings. The predicted octanol–water partition coefficient (Wildman–Crippen LogP) is 2.61. The van der Waals surface area contributed by atoms with Gasteiger partial charge in [0, 0.05) is 5.92 Å². The van der Waals surface area contributed by atoms with E-state index in [0.29, 0.717) is 0 Å². The molecule has 68 valence electrons. The Morgan fingerprint density at radius 1 is 1.23 bits per heavy atom. The van der Waals surface area contributed by atoms with Crippen LogP contribution in [0.1, 0.15) is 19.3 Å². The first-order chi connectivity index (χ1) is 6.42. The minimum atomic E-state index is 0.146. The Balaban J connectivity index is 1.81. The van der Waals surface area contributed by atoms with E-state index >= 15 is 0 Å². The Bertz CT molecular complexity index is 297. The molecule has 1 unspecified atom stereocenters. The number of hydrogen-bond donors (Lipinski definition) is 0. The summed E-state index contributed by atoms with van der Waals surface area (Å²) in [5, 5.41) is 0. The fourth-order valence-corrected chi connectivity index (χ4v) is 2.52. The zero-order chi connectivity index (χ0) is 8.73. The lowest BCUT2D eigenvalue weighted by Crippen LogP contribution is -2.24. The van der Waals surface area contributed by atoms with E-state index in [1.54, 1.807) is 0 Å². The van der Waals surface area contributed by atoms with Gasteiger partial charge in [-0.05, 0) is 24.8 Å². The SMILES string of the molecule is C1=CCC(C2(C3CC=CC3)CO2)=C1. The van der Waals surface area contributed by atoms with Crippen LogP contribution >= 0.6 is 0 Å². The van der Waals surface area contributed by atoms with Gasteiger partial charge in [0.15, 0.2) is 0 Å². The van der Waals surface area contributed by atoms with Crippen molar-refractivity contribution in [3.05, 3.63) is 36.0 Å². The van der Waals surface area contributed by atoms with Crippen molar-refractivity contribution < 1.29 is 4.74 Å². The van der Waals surface area contributed by atoms with Gasteiger partial charge in [-0.25, -0.2) is 0 Å². The second kappa shape index (κ2) is 2.58. The van der Waals surface area contributed by atoms with Gasteiger partial charge in [-0.1, -0.05) is 30.4 Å². The maximum Gasteiger partial charge on any atom is 0.117 e. The molecule has 0 bridgehead atoms. The third-order valence-corrected chi connectivity index (χ3v) is 3.44. The lowest BCUT2D eigenvalue weighted by molar-refractivity contribution is 0.256. The highest BCUT2D eigenvalue weighted by atomic mass is 16.6. The fraction of sp³-hybridized carbons (Fsp3) is 0.500. The molecule has 3 rings (SSSR count). The molecule has 0 saturated carbocycles. The highest BCUT2D eigenvalue weighted by Crippen LogP contribution is 2.49. The Morgan fingerprint density at radius 2 is 2.00 bits per heavy atom. The molecule has 1 heteroatoms. The summed E-state index contributed by atoms with van der Waals surface area (Å²) in [7, 11) is 0. The third kappa shape index (κ3) is 1.03. The minimum Gasteiger partial charge on any atom is -0.365 e. The van der Waals surface area contributed by atoms with E-state index in [4.69, 9.17) is 4.74 Å². The second-order valence-electron chi connectivity index (χ2n) is 4.14. The summed E-state index contributed by atoms with van der Waals surface area (Å²) in [6, 6.07) is 0. The lowest BCUT2D eigenvalue weighted by atomic mass is 9.84. The summed E-state index contributed by atoms with van der Waals surface area (Å²) in [5.74, 6) is 0.721. The molecular formula is C12H14O. The monoisotopic (exact) mass is 174 g/mol. The van der Waals surface area contributed by atoms with Gasteiger partial charge in [-0.2, -0.15) is 0 Å². The summed E-state index contributed by atoms with van der Waals surface area (Å²) < 4.78 is 5.72. The molecule has 1 nitrogen and oxygen atoms in total. The second-order valence-corrected chi connectivity index (χ2v) is 4.14. The molecule has 3 aliphatic rings. The van der Waals surface area contributed by atoms with Gasteiger partial charge in [-0.15, -0.1) is 0 Å². The highest BCUT2D eigenvalue weighted by Gasteiger charge is 2.53. The largest absolute Gasteiger partial charge is 0.365 e. The van der Waals surface area contributed by atoms with E-state index in [0.717, 1.165) is 18.9 Å². The standard InChI is InChI=1S/C12H14O/c1-2-6-10(5-1)12(9-13-12)11-7-3-4-8-11/h1-5,11H,6-9H2. The zero-order valence-electron chi connectivity index (χ0n) is 7.70. The first-order valence-corrected chi connectivity index (χ1v) is 5.07. The van der Waals surface area contributed by atoms with Gasteiger partial charge < -0.3 is 4.74 Å².